The fourth-order valence-corrected chi connectivity index (χ4v) is 5.12. The van der Waals surface area contributed by atoms with Gasteiger partial charge in [-0.2, -0.15) is 9.29 Å². The van der Waals surface area contributed by atoms with E-state index in [4.69, 9.17) is 4.52 Å². The van der Waals surface area contributed by atoms with Gasteiger partial charge in [-0.05, 0) is 49.2 Å². The highest BCUT2D eigenvalue weighted by Gasteiger charge is 2.25. The molecule has 31 heavy (non-hydrogen) atoms. The summed E-state index contributed by atoms with van der Waals surface area (Å²) in [7, 11) is -3.55. The summed E-state index contributed by atoms with van der Waals surface area (Å²) in [5.41, 5.74) is 1.52. The summed E-state index contributed by atoms with van der Waals surface area (Å²) in [6.45, 7) is 2.77. The van der Waals surface area contributed by atoms with Crippen molar-refractivity contribution in [3.8, 4) is 11.4 Å². The Kier molecular flexibility index (Phi) is 6.15. The fourth-order valence-electron chi connectivity index (χ4n) is 3.60. The molecule has 2 aromatic carbocycles. The van der Waals surface area contributed by atoms with Crippen LogP contribution in [-0.2, 0) is 10.0 Å². The van der Waals surface area contributed by atoms with E-state index in [9.17, 15) is 13.2 Å². The number of anilines is 1. The number of benzene rings is 2. The molecule has 1 aromatic heterocycles. The Morgan fingerprint density at radius 1 is 1.00 bits per heavy atom. The molecule has 0 saturated carbocycles. The average molecular weight is 441 g/mol. The van der Waals surface area contributed by atoms with Crippen LogP contribution in [0.2, 0.25) is 0 Å². The van der Waals surface area contributed by atoms with Crippen LogP contribution in [0.1, 0.15) is 41.9 Å². The molecule has 1 fully saturated rings. The maximum Gasteiger partial charge on any atom is 0.255 e. The van der Waals surface area contributed by atoms with Gasteiger partial charge in [0.1, 0.15) is 0 Å². The van der Waals surface area contributed by atoms with Crippen LogP contribution in [0.4, 0.5) is 5.69 Å². The number of rotatable bonds is 5. The largest absolute Gasteiger partial charge is 0.339 e. The summed E-state index contributed by atoms with van der Waals surface area (Å²) in [5, 5.41) is 6.75. The summed E-state index contributed by atoms with van der Waals surface area (Å²) in [6, 6.07) is 13.2. The van der Waals surface area contributed by atoms with Crippen molar-refractivity contribution in [1.82, 2.24) is 14.4 Å². The summed E-state index contributed by atoms with van der Waals surface area (Å²) >= 11 is 0. The Balaban J connectivity index is 1.52. The number of carbonyl (C=O) groups is 1. The number of amides is 1. The second-order valence-electron chi connectivity index (χ2n) is 7.48. The van der Waals surface area contributed by atoms with Gasteiger partial charge in [-0.1, -0.05) is 30.1 Å². The van der Waals surface area contributed by atoms with E-state index in [1.807, 2.05) is 6.07 Å². The molecule has 8 nitrogen and oxygen atoms in total. The van der Waals surface area contributed by atoms with Crippen LogP contribution < -0.4 is 5.32 Å². The third-order valence-corrected chi connectivity index (χ3v) is 7.18. The van der Waals surface area contributed by atoms with Crippen LogP contribution in [0.3, 0.4) is 0 Å². The van der Waals surface area contributed by atoms with E-state index < -0.39 is 10.0 Å². The minimum absolute atomic E-state index is 0.202. The lowest BCUT2D eigenvalue weighted by Crippen LogP contribution is -2.31. The zero-order valence-electron chi connectivity index (χ0n) is 17.2. The van der Waals surface area contributed by atoms with Crippen molar-refractivity contribution < 1.29 is 17.7 Å². The number of aromatic nitrogens is 2. The Bertz CT molecular complexity index is 1160. The number of sulfonamides is 1. The van der Waals surface area contributed by atoms with Crippen molar-refractivity contribution in [3.05, 3.63) is 60.0 Å². The van der Waals surface area contributed by atoms with E-state index in [1.165, 1.54) is 28.6 Å². The van der Waals surface area contributed by atoms with Crippen LogP contribution >= 0.6 is 0 Å². The topological polar surface area (TPSA) is 105 Å². The van der Waals surface area contributed by atoms with Crippen LogP contribution in [0.25, 0.3) is 11.4 Å². The van der Waals surface area contributed by atoms with Crippen molar-refractivity contribution >= 4 is 21.6 Å². The zero-order chi connectivity index (χ0) is 21.8. The van der Waals surface area contributed by atoms with Gasteiger partial charge >= 0.3 is 0 Å². The zero-order valence-corrected chi connectivity index (χ0v) is 18.1. The van der Waals surface area contributed by atoms with Gasteiger partial charge in [-0.3, -0.25) is 4.79 Å². The first kappa shape index (κ1) is 21.2. The van der Waals surface area contributed by atoms with Gasteiger partial charge in [-0.25, -0.2) is 8.42 Å². The summed E-state index contributed by atoms with van der Waals surface area (Å²) < 4.78 is 32.4. The second-order valence-corrected chi connectivity index (χ2v) is 9.42. The molecule has 9 heteroatoms. The molecular formula is C22H24N4O4S. The van der Waals surface area contributed by atoms with Crippen molar-refractivity contribution in [3.63, 3.8) is 0 Å². The summed E-state index contributed by atoms with van der Waals surface area (Å²) in [6.07, 6.45) is 3.85. The van der Waals surface area contributed by atoms with Crippen LogP contribution in [0.15, 0.2) is 57.9 Å². The van der Waals surface area contributed by atoms with Gasteiger partial charge < -0.3 is 9.84 Å². The molecule has 1 saturated heterocycles. The molecular weight excluding hydrogens is 416 g/mol. The molecule has 0 atom stereocenters. The Labute approximate surface area is 181 Å². The van der Waals surface area contributed by atoms with E-state index >= 15 is 0 Å². The first-order valence-corrected chi connectivity index (χ1v) is 11.7. The van der Waals surface area contributed by atoms with Gasteiger partial charge in [0.25, 0.3) is 5.91 Å². The minimum Gasteiger partial charge on any atom is -0.339 e. The highest BCUT2D eigenvalue weighted by molar-refractivity contribution is 7.89. The molecule has 0 radical (unpaired) electrons. The molecule has 0 bridgehead atoms. The van der Waals surface area contributed by atoms with Gasteiger partial charge in [0, 0.05) is 31.1 Å². The van der Waals surface area contributed by atoms with Crippen LogP contribution in [0, 0.1) is 6.92 Å². The molecule has 3 aromatic rings. The van der Waals surface area contributed by atoms with Gasteiger partial charge in [0.05, 0.1) is 10.6 Å². The smallest absolute Gasteiger partial charge is 0.255 e. The molecule has 0 unspecified atom stereocenters. The molecule has 1 aliphatic rings. The van der Waals surface area contributed by atoms with Crippen molar-refractivity contribution in [2.75, 3.05) is 18.4 Å². The third-order valence-electron chi connectivity index (χ3n) is 5.26. The molecule has 4 rings (SSSR count). The normalized spacial score (nSPS) is 15.4. The molecule has 2 heterocycles. The lowest BCUT2D eigenvalue weighted by atomic mass is 10.1. The maximum absolute atomic E-state index is 12.9. The lowest BCUT2D eigenvalue weighted by molar-refractivity contribution is 0.102. The van der Waals surface area contributed by atoms with E-state index in [2.05, 4.69) is 15.5 Å². The molecule has 1 aliphatic heterocycles. The number of hydrogen-bond donors (Lipinski definition) is 1. The predicted octanol–water partition coefficient (Wildman–Crippen LogP) is 3.86. The van der Waals surface area contributed by atoms with Gasteiger partial charge in [0.15, 0.2) is 0 Å². The number of nitrogens with zero attached hydrogens (tertiary/aromatic N) is 3. The molecule has 1 amide bonds. The first-order valence-electron chi connectivity index (χ1n) is 10.3. The fraction of sp³-hybridized carbons (Fsp3) is 0.318. The molecule has 162 valence electrons. The maximum atomic E-state index is 12.9. The van der Waals surface area contributed by atoms with Crippen molar-refractivity contribution in [2.45, 2.75) is 37.5 Å². The minimum atomic E-state index is -3.55. The number of nitrogens with one attached hydrogen (secondary N) is 1. The van der Waals surface area contributed by atoms with Crippen LogP contribution in [0.5, 0.6) is 0 Å². The Morgan fingerprint density at radius 3 is 2.32 bits per heavy atom. The summed E-state index contributed by atoms with van der Waals surface area (Å²) in [4.78, 5) is 17.2. The SMILES string of the molecule is Cc1nc(-c2ccccc2NC(=O)c2ccc(S(=O)(=O)N3CCCCCC3)cc2)no1. The van der Waals surface area contributed by atoms with Crippen molar-refractivity contribution in [2.24, 2.45) is 0 Å². The average Bonchev–Trinajstić information content (AvgIpc) is 3.02. The molecule has 0 spiro atoms. The van der Waals surface area contributed by atoms with Gasteiger partial charge in [-0.15, -0.1) is 0 Å². The molecule has 1 N–H and O–H groups in total. The highest BCUT2D eigenvalue weighted by atomic mass is 32.2. The van der Waals surface area contributed by atoms with Gasteiger partial charge in [0.2, 0.25) is 21.7 Å². The molecule has 0 aliphatic carbocycles. The van der Waals surface area contributed by atoms with Crippen molar-refractivity contribution in [1.29, 1.82) is 0 Å². The highest BCUT2D eigenvalue weighted by Crippen LogP contribution is 2.26. The van der Waals surface area contributed by atoms with E-state index in [-0.39, 0.29) is 10.8 Å². The number of para-hydroxylation sites is 1. The van der Waals surface area contributed by atoms with E-state index in [0.717, 1.165) is 25.7 Å². The first-order chi connectivity index (χ1) is 14.9. The monoisotopic (exact) mass is 440 g/mol. The second kappa shape index (κ2) is 8.99. The van der Waals surface area contributed by atoms with E-state index in [1.54, 1.807) is 25.1 Å². The van der Waals surface area contributed by atoms with Crippen LogP contribution in [-0.4, -0.2) is 41.9 Å². The predicted molar refractivity (Wildman–Crippen MR) is 116 cm³/mol. The third kappa shape index (κ3) is 4.67. The number of hydrogen-bond acceptors (Lipinski definition) is 6. The standard InChI is InChI=1S/C22H24N4O4S/c1-16-23-21(25-30-16)19-8-4-5-9-20(19)24-22(27)17-10-12-18(13-11-17)31(28,29)26-14-6-2-3-7-15-26/h4-5,8-13H,2-3,6-7,14-15H2,1H3,(H,24,27). The van der Waals surface area contributed by atoms with E-state index in [0.29, 0.717) is 41.6 Å². The quantitative estimate of drug-likeness (QED) is 0.646. The summed E-state index contributed by atoms with van der Waals surface area (Å²) in [5.74, 6) is 0.455. The number of carbonyl (C=O) groups excluding carboxylic acids is 1. The Hall–Kier alpha value is -3.04. The lowest BCUT2D eigenvalue weighted by Gasteiger charge is -2.20. The number of aryl methyl sites for hydroxylation is 1. The Morgan fingerprint density at radius 2 is 1.68 bits per heavy atom.